The Balaban J connectivity index is 1.65. The number of methoxy groups -OCH3 is 2. The van der Waals surface area contributed by atoms with Crippen LogP contribution >= 0.6 is 0 Å². The van der Waals surface area contributed by atoms with Gasteiger partial charge in [-0.3, -0.25) is 4.79 Å². The second-order valence-electron chi connectivity index (χ2n) is 8.37. The maximum absolute atomic E-state index is 13.0. The molecule has 1 heterocycles. The largest absolute Gasteiger partial charge is 0.465 e. The monoisotopic (exact) mass is 502 g/mol. The van der Waals surface area contributed by atoms with Crippen LogP contribution in [0.15, 0.2) is 48.5 Å². The van der Waals surface area contributed by atoms with Gasteiger partial charge in [0.25, 0.3) is 0 Å². The van der Waals surface area contributed by atoms with E-state index in [1.807, 2.05) is 30.3 Å². The van der Waals surface area contributed by atoms with E-state index < -0.39 is 27.9 Å². The van der Waals surface area contributed by atoms with Crippen molar-refractivity contribution in [3.05, 3.63) is 65.2 Å². The summed E-state index contributed by atoms with van der Waals surface area (Å²) in [5, 5.41) is 2.71. The van der Waals surface area contributed by atoms with Gasteiger partial charge in [-0.25, -0.2) is 22.3 Å². The van der Waals surface area contributed by atoms with Gasteiger partial charge in [0.05, 0.1) is 37.0 Å². The zero-order chi connectivity index (χ0) is 25.4. The molecule has 1 fully saturated rings. The van der Waals surface area contributed by atoms with Crippen LogP contribution in [0.25, 0.3) is 0 Å². The summed E-state index contributed by atoms with van der Waals surface area (Å²) in [6.07, 6.45) is 2.25. The highest BCUT2D eigenvalue weighted by Crippen LogP contribution is 2.23. The predicted octanol–water partition coefficient (Wildman–Crippen LogP) is 2.87. The Bertz CT molecular complexity index is 1130. The lowest BCUT2D eigenvalue weighted by molar-refractivity contribution is -0.120. The first-order valence-electron chi connectivity index (χ1n) is 11.4. The molecule has 1 amide bonds. The molecule has 2 aromatic rings. The minimum absolute atomic E-state index is 0.0138. The molecule has 1 aliphatic heterocycles. The average Bonchev–Trinajstić information content (AvgIpc) is 2.88. The first-order chi connectivity index (χ1) is 16.7. The number of anilines is 1. The van der Waals surface area contributed by atoms with Crippen molar-refractivity contribution in [2.75, 3.05) is 38.4 Å². The molecule has 2 aromatic carbocycles. The number of esters is 2. The lowest BCUT2D eigenvalue weighted by Gasteiger charge is -2.31. The van der Waals surface area contributed by atoms with Gasteiger partial charge in [-0.15, -0.1) is 0 Å². The van der Waals surface area contributed by atoms with Crippen molar-refractivity contribution in [2.24, 2.45) is 5.92 Å². The highest BCUT2D eigenvalue weighted by Gasteiger charge is 2.32. The van der Waals surface area contributed by atoms with Crippen LogP contribution in [0.5, 0.6) is 0 Å². The maximum atomic E-state index is 13.0. The molecule has 1 N–H and O–H groups in total. The summed E-state index contributed by atoms with van der Waals surface area (Å²) < 4.78 is 36.6. The van der Waals surface area contributed by atoms with Crippen LogP contribution in [-0.4, -0.2) is 63.6 Å². The molecule has 188 valence electrons. The second kappa shape index (κ2) is 11.9. The summed E-state index contributed by atoms with van der Waals surface area (Å²) in [5.41, 5.74) is 1.47. The smallest absolute Gasteiger partial charge is 0.337 e. The number of aryl methyl sites for hydroxylation is 1. The third-order valence-electron chi connectivity index (χ3n) is 5.90. The van der Waals surface area contributed by atoms with Crippen molar-refractivity contribution in [1.82, 2.24) is 4.31 Å². The number of rotatable bonds is 9. The topological polar surface area (TPSA) is 119 Å². The third-order valence-corrected chi connectivity index (χ3v) is 7.82. The fraction of sp³-hybridized carbons (Fsp3) is 0.400. The molecule has 0 spiro atoms. The summed E-state index contributed by atoms with van der Waals surface area (Å²) in [7, 11) is -1.08. The molecule has 1 saturated heterocycles. The summed E-state index contributed by atoms with van der Waals surface area (Å²) in [4.78, 5) is 36.9. The normalized spacial score (nSPS) is 16.3. The number of amides is 1. The van der Waals surface area contributed by atoms with Gasteiger partial charge >= 0.3 is 11.9 Å². The van der Waals surface area contributed by atoms with Crippen LogP contribution in [0.1, 0.15) is 45.5 Å². The van der Waals surface area contributed by atoms with Gasteiger partial charge in [-0.2, -0.15) is 0 Å². The van der Waals surface area contributed by atoms with Crippen LogP contribution in [0, 0.1) is 5.92 Å². The molecule has 1 aliphatic rings. The van der Waals surface area contributed by atoms with E-state index in [-0.39, 0.29) is 35.0 Å². The van der Waals surface area contributed by atoms with Crippen molar-refractivity contribution in [3.63, 3.8) is 0 Å². The van der Waals surface area contributed by atoms with Crippen molar-refractivity contribution in [1.29, 1.82) is 0 Å². The summed E-state index contributed by atoms with van der Waals surface area (Å²) >= 11 is 0. The average molecular weight is 503 g/mol. The van der Waals surface area contributed by atoms with Crippen LogP contribution in [0.4, 0.5) is 5.69 Å². The number of nitrogens with one attached hydrogen (secondary N) is 1. The first kappa shape index (κ1) is 26.4. The van der Waals surface area contributed by atoms with Crippen LogP contribution in [-0.2, 0) is 30.7 Å². The van der Waals surface area contributed by atoms with Gasteiger partial charge in [0.1, 0.15) is 0 Å². The number of benzene rings is 2. The Kier molecular flexibility index (Phi) is 9.00. The number of nitrogens with zero attached hydrogens (tertiary/aromatic N) is 1. The number of ether oxygens (including phenoxy) is 2. The fourth-order valence-corrected chi connectivity index (χ4v) is 5.64. The molecule has 0 saturated carbocycles. The van der Waals surface area contributed by atoms with Crippen LogP contribution < -0.4 is 5.32 Å². The van der Waals surface area contributed by atoms with Crippen LogP contribution in [0.2, 0.25) is 0 Å². The summed E-state index contributed by atoms with van der Waals surface area (Å²) in [5.74, 6) is -2.27. The molecular formula is C25H30N2O7S. The van der Waals surface area contributed by atoms with E-state index >= 15 is 0 Å². The summed E-state index contributed by atoms with van der Waals surface area (Å²) in [6, 6.07) is 13.8. The van der Waals surface area contributed by atoms with E-state index in [1.165, 1.54) is 36.7 Å². The van der Waals surface area contributed by atoms with E-state index in [0.717, 1.165) is 5.56 Å². The van der Waals surface area contributed by atoms with Crippen molar-refractivity contribution in [3.8, 4) is 0 Å². The maximum Gasteiger partial charge on any atom is 0.337 e. The van der Waals surface area contributed by atoms with Crippen LogP contribution in [0.3, 0.4) is 0 Å². The molecule has 1 atom stereocenters. The highest BCUT2D eigenvalue weighted by molar-refractivity contribution is 7.89. The zero-order valence-corrected chi connectivity index (χ0v) is 20.7. The van der Waals surface area contributed by atoms with Crippen molar-refractivity contribution < 1.29 is 32.3 Å². The van der Waals surface area contributed by atoms with Gasteiger partial charge in [0.2, 0.25) is 15.9 Å². The van der Waals surface area contributed by atoms with Crippen molar-refractivity contribution >= 4 is 33.6 Å². The van der Waals surface area contributed by atoms with E-state index in [2.05, 4.69) is 5.32 Å². The molecule has 35 heavy (non-hydrogen) atoms. The molecule has 0 aromatic heterocycles. The van der Waals surface area contributed by atoms with Gasteiger partial charge in [-0.05, 0) is 49.4 Å². The Hall–Kier alpha value is -3.24. The first-order valence-corrected chi connectivity index (χ1v) is 13.0. The van der Waals surface area contributed by atoms with Gasteiger partial charge in [-0.1, -0.05) is 30.3 Å². The number of hydrogen-bond donors (Lipinski definition) is 1. The van der Waals surface area contributed by atoms with Gasteiger partial charge < -0.3 is 14.8 Å². The van der Waals surface area contributed by atoms with E-state index in [1.54, 1.807) is 0 Å². The number of hydrogen-bond acceptors (Lipinski definition) is 7. The summed E-state index contributed by atoms with van der Waals surface area (Å²) in [6.45, 7) is 0.460. The SMILES string of the molecule is COC(=O)c1cc(NC(=O)C2CCCN(S(=O)(=O)CCCc3ccccc3)C2)cc(C(=O)OC)c1. The van der Waals surface area contributed by atoms with Crippen molar-refractivity contribution in [2.45, 2.75) is 25.7 Å². The molecule has 3 rings (SSSR count). The number of sulfonamides is 1. The number of piperidine rings is 1. The Labute approximate surface area is 205 Å². The molecule has 10 heteroatoms. The Morgan fingerprint density at radius 2 is 1.63 bits per heavy atom. The second-order valence-corrected chi connectivity index (χ2v) is 10.5. The molecule has 1 unspecified atom stereocenters. The van der Waals surface area contributed by atoms with E-state index in [9.17, 15) is 22.8 Å². The Morgan fingerprint density at radius 3 is 2.23 bits per heavy atom. The molecule has 9 nitrogen and oxygen atoms in total. The lowest BCUT2D eigenvalue weighted by Crippen LogP contribution is -2.44. The number of carbonyl (C=O) groups excluding carboxylic acids is 3. The Morgan fingerprint density at radius 1 is 1.00 bits per heavy atom. The quantitative estimate of drug-likeness (QED) is 0.524. The minimum Gasteiger partial charge on any atom is -0.465 e. The van der Waals surface area contributed by atoms with E-state index in [0.29, 0.717) is 32.2 Å². The van der Waals surface area contributed by atoms with Gasteiger partial charge in [0.15, 0.2) is 0 Å². The lowest BCUT2D eigenvalue weighted by atomic mass is 9.98. The molecule has 0 radical (unpaired) electrons. The van der Waals surface area contributed by atoms with Gasteiger partial charge in [0, 0.05) is 18.8 Å². The predicted molar refractivity (Wildman–Crippen MR) is 131 cm³/mol. The standard InChI is InChI=1S/C25H30N2O7S/c1-33-24(29)20-14-21(25(30)34-2)16-22(15-20)26-23(28)19-11-6-12-27(17-19)35(31,32)13-7-10-18-8-4-3-5-9-18/h3-5,8-9,14-16,19H,6-7,10-13,17H2,1-2H3,(H,26,28). The minimum atomic E-state index is -3.50. The number of carbonyl (C=O) groups is 3. The third kappa shape index (κ3) is 7.12. The zero-order valence-electron chi connectivity index (χ0n) is 19.9. The fourth-order valence-electron chi connectivity index (χ4n) is 4.06. The van der Waals surface area contributed by atoms with E-state index in [4.69, 9.17) is 9.47 Å². The molecule has 0 bridgehead atoms. The molecular weight excluding hydrogens is 472 g/mol. The highest BCUT2D eigenvalue weighted by atomic mass is 32.2. The molecule has 0 aliphatic carbocycles.